The van der Waals surface area contributed by atoms with Crippen molar-refractivity contribution in [2.75, 3.05) is 13.2 Å². The van der Waals surface area contributed by atoms with Gasteiger partial charge in [0.05, 0.1) is 6.61 Å². The SMILES string of the molecule is CCCCCCCCCCCCCCCCCCCCC1CCOCC1O[N+](=O)[O-]. The van der Waals surface area contributed by atoms with E-state index < -0.39 is 5.09 Å². The molecule has 30 heavy (non-hydrogen) atoms. The van der Waals surface area contributed by atoms with E-state index in [1.807, 2.05) is 0 Å². The Morgan fingerprint density at radius 2 is 1.20 bits per heavy atom. The summed E-state index contributed by atoms with van der Waals surface area (Å²) in [4.78, 5) is 15.4. The Morgan fingerprint density at radius 3 is 1.63 bits per heavy atom. The molecular formula is C25H49NO4. The molecular weight excluding hydrogens is 378 g/mol. The van der Waals surface area contributed by atoms with Crippen LogP contribution in [0.15, 0.2) is 0 Å². The van der Waals surface area contributed by atoms with Crippen molar-refractivity contribution in [2.45, 2.75) is 141 Å². The Morgan fingerprint density at radius 1 is 0.767 bits per heavy atom. The Bertz CT molecular complexity index is 391. The molecule has 178 valence electrons. The van der Waals surface area contributed by atoms with Gasteiger partial charge in [-0.2, -0.15) is 0 Å². The zero-order chi connectivity index (χ0) is 21.7. The molecule has 1 aliphatic heterocycles. The van der Waals surface area contributed by atoms with Gasteiger partial charge in [0.1, 0.15) is 6.10 Å². The number of unbranched alkanes of at least 4 members (excludes halogenated alkanes) is 17. The van der Waals surface area contributed by atoms with Gasteiger partial charge in [-0.25, -0.2) is 0 Å². The highest BCUT2D eigenvalue weighted by Crippen LogP contribution is 2.25. The number of hydrogen-bond acceptors (Lipinski definition) is 4. The van der Waals surface area contributed by atoms with E-state index in [4.69, 9.17) is 9.57 Å². The summed E-state index contributed by atoms with van der Waals surface area (Å²) in [6.45, 7) is 3.36. The molecule has 0 spiro atoms. The number of rotatable bonds is 21. The Hall–Kier alpha value is -0.840. The van der Waals surface area contributed by atoms with Crippen LogP contribution in [-0.2, 0) is 9.57 Å². The smallest absolute Gasteiger partial charge is 0.294 e. The van der Waals surface area contributed by atoms with Crippen LogP contribution in [0.2, 0.25) is 0 Å². The Kier molecular flexibility index (Phi) is 18.2. The van der Waals surface area contributed by atoms with Gasteiger partial charge in [0.15, 0.2) is 0 Å². The molecule has 0 bridgehead atoms. The van der Waals surface area contributed by atoms with Crippen LogP contribution >= 0.6 is 0 Å². The van der Waals surface area contributed by atoms with Crippen LogP contribution in [0.4, 0.5) is 0 Å². The first kappa shape index (κ1) is 27.2. The topological polar surface area (TPSA) is 61.6 Å². The molecule has 1 fully saturated rings. The minimum atomic E-state index is -0.665. The van der Waals surface area contributed by atoms with Crippen molar-refractivity contribution in [2.24, 2.45) is 5.92 Å². The van der Waals surface area contributed by atoms with E-state index in [9.17, 15) is 10.1 Å². The van der Waals surface area contributed by atoms with Gasteiger partial charge in [-0.05, 0) is 18.8 Å². The molecule has 0 amide bonds. The van der Waals surface area contributed by atoms with Gasteiger partial charge < -0.3 is 9.57 Å². The van der Waals surface area contributed by atoms with Crippen molar-refractivity contribution < 1.29 is 14.7 Å². The lowest BCUT2D eigenvalue weighted by Gasteiger charge is -2.29. The van der Waals surface area contributed by atoms with Crippen LogP contribution in [0, 0.1) is 16.0 Å². The molecule has 1 saturated heterocycles. The van der Waals surface area contributed by atoms with Gasteiger partial charge in [0.2, 0.25) is 0 Å². The van der Waals surface area contributed by atoms with E-state index in [0.29, 0.717) is 13.2 Å². The first-order valence-corrected chi connectivity index (χ1v) is 13.1. The third-order valence-corrected chi connectivity index (χ3v) is 6.59. The maximum absolute atomic E-state index is 10.6. The highest BCUT2D eigenvalue weighted by Gasteiger charge is 2.28. The molecule has 0 radical (unpaired) electrons. The summed E-state index contributed by atoms with van der Waals surface area (Å²) in [5.74, 6) is 0.283. The molecule has 0 aliphatic carbocycles. The average molecular weight is 428 g/mol. The maximum Gasteiger partial charge on any atom is 0.294 e. The minimum Gasteiger partial charge on any atom is -0.379 e. The molecule has 0 aromatic carbocycles. The first-order valence-electron chi connectivity index (χ1n) is 13.1. The van der Waals surface area contributed by atoms with Crippen LogP contribution in [-0.4, -0.2) is 24.4 Å². The second-order valence-electron chi connectivity index (χ2n) is 9.29. The molecule has 0 N–H and O–H groups in total. The molecule has 5 heteroatoms. The number of hydrogen-bond donors (Lipinski definition) is 0. The van der Waals surface area contributed by atoms with Crippen LogP contribution in [0.5, 0.6) is 0 Å². The fourth-order valence-electron chi connectivity index (χ4n) is 4.62. The summed E-state index contributed by atoms with van der Waals surface area (Å²) in [7, 11) is 0. The van der Waals surface area contributed by atoms with Crippen LogP contribution in [0.25, 0.3) is 0 Å². The molecule has 1 heterocycles. The van der Waals surface area contributed by atoms with Crippen molar-refractivity contribution >= 4 is 0 Å². The van der Waals surface area contributed by atoms with Gasteiger partial charge in [-0.3, -0.25) is 0 Å². The Balaban J connectivity index is 1.79. The predicted octanol–water partition coefficient (Wildman–Crippen LogP) is 8.03. The monoisotopic (exact) mass is 427 g/mol. The van der Waals surface area contributed by atoms with Gasteiger partial charge in [0.25, 0.3) is 5.09 Å². The van der Waals surface area contributed by atoms with E-state index >= 15 is 0 Å². The quantitative estimate of drug-likeness (QED) is 0.106. The molecule has 0 aromatic heterocycles. The van der Waals surface area contributed by atoms with Gasteiger partial charge in [-0.15, -0.1) is 10.1 Å². The van der Waals surface area contributed by atoms with Crippen molar-refractivity contribution in [1.29, 1.82) is 0 Å². The molecule has 2 unspecified atom stereocenters. The molecule has 0 aromatic rings. The lowest BCUT2D eigenvalue weighted by molar-refractivity contribution is -0.771. The highest BCUT2D eigenvalue weighted by atomic mass is 17.0. The van der Waals surface area contributed by atoms with Crippen molar-refractivity contribution in [1.82, 2.24) is 0 Å². The lowest BCUT2D eigenvalue weighted by atomic mass is 9.91. The van der Waals surface area contributed by atoms with Crippen LogP contribution in [0.1, 0.15) is 135 Å². The molecule has 2 atom stereocenters. The summed E-state index contributed by atoms with van der Waals surface area (Å²) < 4.78 is 5.32. The summed E-state index contributed by atoms with van der Waals surface area (Å²) in [5.41, 5.74) is 0. The Labute approximate surface area is 185 Å². The second-order valence-corrected chi connectivity index (χ2v) is 9.29. The summed E-state index contributed by atoms with van der Waals surface area (Å²) in [5, 5.41) is 9.92. The number of ether oxygens (including phenoxy) is 1. The molecule has 0 saturated carbocycles. The standard InChI is InChI=1S/C25H49NO4/c1-2-3-4-5-6-7-8-9-10-11-12-13-14-15-16-17-18-19-20-24-21-22-29-23-25(24)30-26(27)28/h24-25H,2-23H2,1H3. The van der Waals surface area contributed by atoms with Gasteiger partial charge >= 0.3 is 0 Å². The van der Waals surface area contributed by atoms with Crippen LogP contribution < -0.4 is 0 Å². The fourth-order valence-corrected chi connectivity index (χ4v) is 4.62. The molecule has 1 rings (SSSR count). The van der Waals surface area contributed by atoms with Crippen LogP contribution in [0.3, 0.4) is 0 Å². The minimum absolute atomic E-state index is 0.283. The normalized spacial score (nSPS) is 19.1. The molecule has 1 aliphatic rings. The number of nitrogens with zero attached hydrogens (tertiary/aromatic N) is 1. The second kappa shape index (κ2) is 20.1. The summed E-state index contributed by atoms with van der Waals surface area (Å²) in [6, 6.07) is 0. The third kappa shape index (κ3) is 15.9. The van der Waals surface area contributed by atoms with E-state index in [1.165, 1.54) is 109 Å². The fraction of sp³-hybridized carbons (Fsp3) is 1.00. The summed E-state index contributed by atoms with van der Waals surface area (Å²) >= 11 is 0. The third-order valence-electron chi connectivity index (χ3n) is 6.59. The van der Waals surface area contributed by atoms with Crippen molar-refractivity contribution in [3.8, 4) is 0 Å². The van der Waals surface area contributed by atoms with Crippen molar-refractivity contribution in [3.63, 3.8) is 0 Å². The first-order chi connectivity index (χ1) is 14.7. The largest absolute Gasteiger partial charge is 0.379 e. The zero-order valence-corrected chi connectivity index (χ0v) is 19.8. The van der Waals surface area contributed by atoms with Gasteiger partial charge in [-0.1, -0.05) is 122 Å². The predicted molar refractivity (Wildman–Crippen MR) is 124 cm³/mol. The van der Waals surface area contributed by atoms with E-state index in [0.717, 1.165) is 19.3 Å². The molecule has 5 nitrogen and oxygen atoms in total. The van der Waals surface area contributed by atoms with Crippen molar-refractivity contribution in [3.05, 3.63) is 10.1 Å². The highest BCUT2D eigenvalue weighted by molar-refractivity contribution is 4.73. The zero-order valence-electron chi connectivity index (χ0n) is 19.8. The lowest BCUT2D eigenvalue weighted by Crippen LogP contribution is -2.36. The average Bonchev–Trinajstić information content (AvgIpc) is 2.73. The van der Waals surface area contributed by atoms with Gasteiger partial charge in [0, 0.05) is 6.61 Å². The van der Waals surface area contributed by atoms with E-state index in [2.05, 4.69) is 6.92 Å². The maximum atomic E-state index is 10.6. The summed E-state index contributed by atoms with van der Waals surface area (Å²) in [6.07, 6.45) is 26.4. The van der Waals surface area contributed by atoms with E-state index in [-0.39, 0.29) is 12.0 Å². The van der Waals surface area contributed by atoms with E-state index in [1.54, 1.807) is 0 Å².